The normalized spacial score (nSPS) is 15.6. The smallest absolute Gasteiger partial charge is 0.268 e. The predicted molar refractivity (Wildman–Crippen MR) is 119 cm³/mol. The van der Waals surface area contributed by atoms with Crippen LogP contribution >= 0.6 is 0 Å². The third-order valence-electron chi connectivity index (χ3n) is 5.78. The van der Waals surface area contributed by atoms with Crippen molar-refractivity contribution in [2.45, 2.75) is 11.3 Å². The van der Waals surface area contributed by atoms with Crippen LogP contribution in [0.1, 0.15) is 12.0 Å². The highest BCUT2D eigenvalue weighted by atomic mass is 32.2. The first-order chi connectivity index (χ1) is 14.4. The third kappa shape index (κ3) is 3.04. The fourth-order valence-corrected chi connectivity index (χ4v) is 5.76. The number of benzene rings is 3. The fourth-order valence-electron chi connectivity index (χ4n) is 4.17. The molecule has 152 valence electrons. The second-order valence-electron chi connectivity index (χ2n) is 7.72. The van der Waals surface area contributed by atoms with Gasteiger partial charge in [0.25, 0.3) is 10.0 Å². The molecular weight excluding hydrogens is 399 g/mol. The molecule has 0 saturated carbocycles. The second kappa shape index (κ2) is 7.07. The fraction of sp³-hybridized carbons (Fsp3) is 0.167. The molecule has 0 unspecified atom stereocenters. The summed E-state index contributed by atoms with van der Waals surface area (Å²) in [6, 6.07) is 17.0. The Morgan fingerprint density at radius 2 is 1.77 bits per heavy atom. The van der Waals surface area contributed by atoms with Crippen LogP contribution < -0.4 is 0 Å². The van der Waals surface area contributed by atoms with Crippen molar-refractivity contribution in [2.75, 3.05) is 20.1 Å². The Balaban J connectivity index is 1.77. The van der Waals surface area contributed by atoms with Crippen LogP contribution in [0.25, 0.3) is 27.2 Å². The minimum atomic E-state index is -3.88. The predicted octanol–water partition coefficient (Wildman–Crippen LogP) is 4.89. The molecule has 2 heterocycles. The van der Waals surface area contributed by atoms with Crippen LogP contribution in [0, 0.1) is 5.82 Å². The van der Waals surface area contributed by atoms with Crippen molar-refractivity contribution in [1.29, 1.82) is 0 Å². The maximum absolute atomic E-state index is 14.1. The first kappa shape index (κ1) is 19.0. The van der Waals surface area contributed by atoms with E-state index < -0.39 is 10.0 Å². The van der Waals surface area contributed by atoms with E-state index in [0.29, 0.717) is 16.3 Å². The van der Waals surface area contributed by atoms with Gasteiger partial charge in [-0.05, 0) is 48.7 Å². The van der Waals surface area contributed by atoms with E-state index in [-0.39, 0.29) is 10.7 Å². The van der Waals surface area contributed by atoms with Gasteiger partial charge in [0.05, 0.1) is 10.4 Å². The summed E-state index contributed by atoms with van der Waals surface area (Å²) in [5.41, 5.74) is 2.32. The Labute approximate surface area is 174 Å². The summed E-state index contributed by atoms with van der Waals surface area (Å²) in [6.07, 6.45) is 4.54. The minimum Gasteiger partial charge on any atom is -0.302 e. The number of halogens is 1. The van der Waals surface area contributed by atoms with Gasteiger partial charge in [0.15, 0.2) is 0 Å². The standard InChI is InChI=1S/C24H21FN2O2S/c1-26-13-11-18(12-14-26)22-16-27(23-10-9-19(25)15-21(22)23)30(28,29)24-8-4-6-17-5-2-3-7-20(17)24/h2-11,15-16H,12-14H2,1H3. The molecule has 0 spiro atoms. The zero-order valence-corrected chi connectivity index (χ0v) is 17.4. The van der Waals surface area contributed by atoms with Crippen LogP contribution in [0.5, 0.6) is 0 Å². The molecule has 0 fully saturated rings. The number of rotatable bonds is 3. The topological polar surface area (TPSA) is 42.3 Å². The van der Waals surface area contributed by atoms with Crippen LogP contribution in [-0.2, 0) is 10.0 Å². The van der Waals surface area contributed by atoms with Crippen LogP contribution in [0.15, 0.2) is 77.8 Å². The lowest BCUT2D eigenvalue weighted by Crippen LogP contribution is -2.23. The lowest BCUT2D eigenvalue weighted by molar-refractivity contribution is 0.370. The summed E-state index contributed by atoms with van der Waals surface area (Å²) < 4.78 is 42.9. The van der Waals surface area contributed by atoms with Gasteiger partial charge in [0, 0.05) is 35.6 Å². The molecule has 30 heavy (non-hydrogen) atoms. The highest BCUT2D eigenvalue weighted by Crippen LogP contribution is 2.34. The van der Waals surface area contributed by atoms with Gasteiger partial charge in [-0.2, -0.15) is 0 Å². The quantitative estimate of drug-likeness (QED) is 0.474. The highest BCUT2D eigenvalue weighted by Gasteiger charge is 2.25. The van der Waals surface area contributed by atoms with Crippen LogP contribution in [0.4, 0.5) is 4.39 Å². The van der Waals surface area contributed by atoms with Crippen LogP contribution in [0.2, 0.25) is 0 Å². The summed E-state index contributed by atoms with van der Waals surface area (Å²) in [5.74, 6) is -0.377. The van der Waals surface area contributed by atoms with Crippen molar-refractivity contribution in [3.63, 3.8) is 0 Å². The molecule has 0 N–H and O–H groups in total. The van der Waals surface area contributed by atoms with Crippen LogP contribution in [0.3, 0.4) is 0 Å². The molecule has 1 aromatic heterocycles. The van der Waals surface area contributed by atoms with E-state index in [1.54, 1.807) is 24.4 Å². The number of aromatic nitrogens is 1. The van der Waals surface area contributed by atoms with E-state index >= 15 is 0 Å². The average Bonchev–Trinajstić information content (AvgIpc) is 3.13. The van der Waals surface area contributed by atoms with Gasteiger partial charge in [0.2, 0.25) is 0 Å². The molecular formula is C24H21FN2O2S. The molecule has 0 amide bonds. The second-order valence-corrected chi connectivity index (χ2v) is 9.51. The van der Waals surface area contributed by atoms with Gasteiger partial charge in [-0.3, -0.25) is 0 Å². The average molecular weight is 421 g/mol. The van der Waals surface area contributed by atoms with Crippen molar-refractivity contribution in [2.24, 2.45) is 0 Å². The molecule has 0 radical (unpaired) electrons. The Morgan fingerprint density at radius 1 is 0.967 bits per heavy atom. The molecule has 0 aliphatic carbocycles. The van der Waals surface area contributed by atoms with E-state index in [1.807, 2.05) is 37.4 Å². The number of hydrogen-bond donors (Lipinski definition) is 0. The van der Waals surface area contributed by atoms with E-state index in [4.69, 9.17) is 0 Å². The Morgan fingerprint density at radius 3 is 2.57 bits per heavy atom. The van der Waals surface area contributed by atoms with Crippen molar-refractivity contribution in [3.05, 3.63) is 84.3 Å². The van der Waals surface area contributed by atoms with Crippen molar-refractivity contribution < 1.29 is 12.8 Å². The van der Waals surface area contributed by atoms with Crippen molar-refractivity contribution in [1.82, 2.24) is 8.87 Å². The maximum atomic E-state index is 14.1. The van der Waals surface area contributed by atoms with E-state index in [2.05, 4.69) is 11.0 Å². The molecule has 0 saturated heterocycles. The molecule has 3 aromatic carbocycles. The van der Waals surface area contributed by atoms with E-state index in [1.165, 1.54) is 16.1 Å². The highest BCUT2D eigenvalue weighted by molar-refractivity contribution is 7.90. The third-order valence-corrected chi connectivity index (χ3v) is 7.51. The van der Waals surface area contributed by atoms with Gasteiger partial charge in [-0.25, -0.2) is 16.8 Å². The van der Waals surface area contributed by atoms with Crippen molar-refractivity contribution >= 4 is 37.3 Å². The van der Waals surface area contributed by atoms with Gasteiger partial charge in [-0.15, -0.1) is 0 Å². The molecule has 0 atom stereocenters. The Bertz CT molecular complexity index is 1410. The lowest BCUT2D eigenvalue weighted by atomic mass is 9.99. The largest absolute Gasteiger partial charge is 0.302 e. The molecule has 0 bridgehead atoms. The monoisotopic (exact) mass is 420 g/mol. The lowest BCUT2D eigenvalue weighted by Gasteiger charge is -2.21. The summed E-state index contributed by atoms with van der Waals surface area (Å²) in [6.45, 7) is 1.66. The summed E-state index contributed by atoms with van der Waals surface area (Å²) in [4.78, 5) is 2.43. The Hall–Kier alpha value is -2.96. The molecule has 4 aromatic rings. The molecule has 1 aliphatic rings. The first-order valence-electron chi connectivity index (χ1n) is 9.87. The van der Waals surface area contributed by atoms with Gasteiger partial charge in [0.1, 0.15) is 5.82 Å². The SMILES string of the molecule is CN1CC=C(c2cn(S(=O)(=O)c3cccc4ccccc34)c3ccc(F)cc23)CC1. The summed E-state index contributed by atoms with van der Waals surface area (Å²) in [5, 5.41) is 2.15. The first-order valence-corrected chi connectivity index (χ1v) is 11.3. The number of likely N-dealkylation sites (N-methyl/N-ethyl adjacent to an activating group) is 1. The van der Waals surface area contributed by atoms with Crippen LogP contribution in [-0.4, -0.2) is 37.4 Å². The summed E-state index contributed by atoms with van der Waals surface area (Å²) in [7, 11) is -1.83. The molecule has 6 heteroatoms. The number of fused-ring (bicyclic) bond motifs is 2. The number of nitrogens with zero attached hydrogens (tertiary/aromatic N) is 2. The van der Waals surface area contributed by atoms with E-state index in [0.717, 1.165) is 36.0 Å². The molecule has 1 aliphatic heterocycles. The zero-order chi connectivity index (χ0) is 20.9. The van der Waals surface area contributed by atoms with E-state index in [9.17, 15) is 12.8 Å². The molecule has 5 rings (SSSR count). The Kier molecular flexibility index (Phi) is 4.49. The van der Waals surface area contributed by atoms with Gasteiger partial charge in [-0.1, -0.05) is 42.5 Å². The maximum Gasteiger partial charge on any atom is 0.268 e. The number of hydrogen-bond acceptors (Lipinski definition) is 3. The minimum absolute atomic E-state index is 0.241. The molecule has 4 nitrogen and oxygen atoms in total. The van der Waals surface area contributed by atoms with Crippen molar-refractivity contribution in [3.8, 4) is 0 Å². The van der Waals surface area contributed by atoms with Gasteiger partial charge >= 0.3 is 0 Å². The summed E-state index contributed by atoms with van der Waals surface area (Å²) >= 11 is 0. The van der Waals surface area contributed by atoms with Gasteiger partial charge < -0.3 is 4.90 Å². The zero-order valence-electron chi connectivity index (χ0n) is 16.5.